The maximum absolute atomic E-state index is 12.7. The number of hydrogen-bond donors (Lipinski definition) is 0. The number of nitrogens with zero attached hydrogens (tertiary/aromatic N) is 3. The molecule has 0 aliphatic carbocycles. The lowest BCUT2D eigenvalue weighted by Gasteiger charge is -2.17. The van der Waals surface area contributed by atoms with E-state index in [1.165, 1.54) is 25.4 Å². The predicted molar refractivity (Wildman–Crippen MR) is 88.3 cm³/mol. The van der Waals surface area contributed by atoms with Crippen LogP contribution in [0.5, 0.6) is 0 Å². The van der Waals surface area contributed by atoms with Gasteiger partial charge in [0.15, 0.2) is 5.84 Å². The highest BCUT2D eigenvalue weighted by atomic mass is 79.9. The van der Waals surface area contributed by atoms with E-state index in [0.717, 1.165) is 4.31 Å². The van der Waals surface area contributed by atoms with Crippen LogP contribution >= 0.6 is 27.5 Å². The van der Waals surface area contributed by atoms with E-state index in [9.17, 15) is 8.42 Å². The van der Waals surface area contributed by atoms with Crippen LogP contribution in [0.2, 0.25) is 0 Å². The van der Waals surface area contributed by atoms with Gasteiger partial charge in [-0.2, -0.15) is 0 Å². The van der Waals surface area contributed by atoms with Gasteiger partial charge in [0.05, 0.1) is 10.5 Å². The van der Waals surface area contributed by atoms with Crippen LogP contribution in [0.4, 0.5) is 0 Å². The minimum Gasteiger partial charge on any atom is -0.270 e. The largest absolute Gasteiger partial charge is 0.270 e. The monoisotopic (exact) mass is 387 g/mol. The molecule has 8 heteroatoms. The van der Waals surface area contributed by atoms with Gasteiger partial charge in [0.1, 0.15) is 5.16 Å². The summed E-state index contributed by atoms with van der Waals surface area (Å²) in [7, 11) is -2.28. The lowest BCUT2D eigenvalue weighted by Crippen LogP contribution is -2.30. The summed E-state index contributed by atoms with van der Waals surface area (Å²) < 4.78 is 26.9. The van der Waals surface area contributed by atoms with Crippen LogP contribution in [0.3, 0.4) is 0 Å². The third-order valence-corrected chi connectivity index (χ3v) is 5.33. The molecule has 5 nitrogen and oxygen atoms in total. The number of sulfonamides is 1. The minimum atomic E-state index is -3.77. The molecule has 1 aromatic rings. The molecule has 0 radical (unpaired) electrons. The number of hydrogen-bond acceptors (Lipinski definition) is 4. The van der Waals surface area contributed by atoms with Gasteiger partial charge in [-0.05, 0) is 34.8 Å². The second-order valence-electron chi connectivity index (χ2n) is 3.96. The van der Waals surface area contributed by atoms with Crippen molar-refractivity contribution in [2.75, 3.05) is 7.05 Å². The van der Waals surface area contributed by atoms with Gasteiger partial charge in [0.25, 0.3) is 10.0 Å². The third kappa shape index (κ3) is 2.81. The highest BCUT2D eigenvalue weighted by Gasteiger charge is 2.35. The molecule has 110 valence electrons. The van der Waals surface area contributed by atoms with E-state index in [1.54, 1.807) is 18.2 Å². The average molecular weight is 389 g/mol. The van der Waals surface area contributed by atoms with Crippen molar-refractivity contribution in [2.45, 2.75) is 4.90 Å². The summed E-state index contributed by atoms with van der Waals surface area (Å²) in [4.78, 5) is 7.80. The summed E-state index contributed by atoms with van der Waals surface area (Å²) in [6.07, 6.45) is 1.40. The van der Waals surface area contributed by atoms with E-state index in [0.29, 0.717) is 10.1 Å². The summed E-state index contributed by atoms with van der Waals surface area (Å²) >= 11 is 9.26. The summed E-state index contributed by atoms with van der Waals surface area (Å²) in [5.41, 5.74) is 0.383. The van der Waals surface area contributed by atoms with Crippen molar-refractivity contribution >= 4 is 50.1 Å². The Morgan fingerprint density at radius 3 is 2.48 bits per heavy atom. The Hall–Kier alpha value is -1.44. The molecule has 0 N–H and O–H groups in total. The van der Waals surface area contributed by atoms with E-state index in [4.69, 9.17) is 11.6 Å². The molecule has 0 aromatic heterocycles. The van der Waals surface area contributed by atoms with Gasteiger partial charge >= 0.3 is 0 Å². The molecule has 0 bridgehead atoms. The van der Waals surface area contributed by atoms with Crippen LogP contribution in [0.1, 0.15) is 0 Å². The molecule has 0 unspecified atom stereocenters. The summed E-state index contributed by atoms with van der Waals surface area (Å²) in [5.74, 6) is 0.183. The van der Waals surface area contributed by atoms with Crippen LogP contribution in [0.15, 0.2) is 66.6 Å². The lowest BCUT2D eigenvalue weighted by atomic mass is 10.3. The third-order valence-electron chi connectivity index (χ3n) is 2.76. The van der Waals surface area contributed by atoms with E-state index in [1.807, 2.05) is 0 Å². The Labute approximate surface area is 136 Å². The summed E-state index contributed by atoms with van der Waals surface area (Å²) in [6.45, 7) is 3.34. The maximum atomic E-state index is 12.7. The minimum absolute atomic E-state index is 0.0736. The number of benzene rings is 1. The molecule has 21 heavy (non-hydrogen) atoms. The molecule has 1 aliphatic rings. The predicted octanol–water partition coefficient (Wildman–Crippen LogP) is 3.11. The fourth-order valence-corrected chi connectivity index (χ4v) is 4.19. The van der Waals surface area contributed by atoms with Crippen molar-refractivity contribution in [1.29, 1.82) is 0 Å². The number of aliphatic imine (C=N–C) groups is 2. The van der Waals surface area contributed by atoms with Gasteiger partial charge < -0.3 is 0 Å². The zero-order valence-corrected chi connectivity index (χ0v) is 14.2. The first kappa shape index (κ1) is 15.9. The first-order valence-corrected chi connectivity index (χ1v) is 8.35. The van der Waals surface area contributed by atoms with Crippen LogP contribution < -0.4 is 0 Å². The smallest absolute Gasteiger partial charge is 0.269 e. The maximum Gasteiger partial charge on any atom is 0.269 e. The fourth-order valence-electron chi connectivity index (χ4n) is 1.82. The van der Waals surface area contributed by atoms with Crippen molar-refractivity contribution in [3.63, 3.8) is 0 Å². The SMILES string of the molecule is C=NC(Cl)=C1C(Br)=CN(S(=O)(=O)c2ccccc2)C1=NC. The second-order valence-corrected chi connectivity index (χ2v) is 6.99. The Balaban J connectivity index is 2.60. The van der Waals surface area contributed by atoms with E-state index < -0.39 is 10.0 Å². The highest BCUT2D eigenvalue weighted by Crippen LogP contribution is 2.35. The second kappa shape index (κ2) is 6.13. The number of rotatable bonds is 3. The zero-order chi connectivity index (χ0) is 15.6. The van der Waals surface area contributed by atoms with Crippen molar-refractivity contribution < 1.29 is 8.42 Å². The molecule has 0 fully saturated rings. The van der Waals surface area contributed by atoms with Gasteiger partial charge in [-0.15, -0.1) is 0 Å². The lowest BCUT2D eigenvalue weighted by molar-refractivity contribution is 0.564. The molecule has 0 saturated heterocycles. The molecule has 2 rings (SSSR count). The summed E-state index contributed by atoms with van der Waals surface area (Å²) in [6, 6.07) is 8.07. The van der Waals surface area contributed by atoms with E-state index in [-0.39, 0.29) is 15.9 Å². The molecule has 0 spiro atoms. The van der Waals surface area contributed by atoms with Gasteiger partial charge in [0.2, 0.25) is 0 Å². The molecular weight excluding hydrogens is 378 g/mol. The van der Waals surface area contributed by atoms with Gasteiger partial charge in [-0.1, -0.05) is 29.8 Å². The highest BCUT2D eigenvalue weighted by molar-refractivity contribution is 9.12. The van der Waals surface area contributed by atoms with Crippen LogP contribution in [-0.2, 0) is 10.0 Å². The zero-order valence-electron chi connectivity index (χ0n) is 11.0. The topological polar surface area (TPSA) is 62.1 Å². The van der Waals surface area contributed by atoms with E-state index >= 15 is 0 Å². The van der Waals surface area contributed by atoms with Gasteiger partial charge in [-0.3, -0.25) is 9.98 Å². The van der Waals surface area contributed by atoms with Crippen LogP contribution in [0, 0.1) is 0 Å². The van der Waals surface area contributed by atoms with Gasteiger partial charge in [-0.25, -0.2) is 12.7 Å². The Morgan fingerprint density at radius 1 is 1.33 bits per heavy atom. The van der Waals surface area contributed by atoms with E-state index in [2.05, 4.69) is 32.6 Å². The molecule has 0 saturated carbocycles. The standard InChI is InChI=1S/C13H11BrClN3O2S/c1-16-12(15)11-10(14)8-18(13(11)17-2)21(19,20)9-6-4-3-5-7-9/h3-8H,1H2,2H3. The Morgan fingerprint density at radius 2 is 1.95 bits per heavy atom. The molecule has 1 heterocycles. The molecule has 0 atom stereocenters. The van der Waals surface area contributed by atoms with Crippen molar-refractivity contribution in [3.05, 3.63) is 51.7 Å². The molecule has 1 aromatic carbocycles. The summed E-state index contributed by atoms with van der Waals surface area (Å²) in [5, 5.41) is 0.0736. The molecular formula is C13H11BrClN3O2S. The Bertz CT molecular complexity index is 770. The molecule has 1 aliphatic heterocycles. The van der Waals surface area contributed by atoms with Crippen molar-refractivity contribution in [3.8, 4) is 0 Å². The fraction of sp³-hybridized carbons (Fsp3) is 0.0769. The Kier molecular flexibility index (Phi) is 4.65. The normalized spacial score (nSPS) is 19.7. The average Bonchev–Trinajstić information content (AvgIpc) is 2.84. The quantitative estimate of drug-likeness (QED) is 0.590. The van der Waals surface area contributed by atoms with Crippen LogP contribution in [0.25, 0.3) is 0 Å². The van der Waals surface area contributed by atoms with Gasteiger partial charge in [0, 0.05) is 17.7 Å². The van der Waals surface area contributed by atoms with Crippen LogP contribution in [-0.4, -0.2) is 32.3 Å². The number of amidine groups is 1. The van der Waals surface area contributed by atoms with Crippen molar-refractivity contribution in [1.82, 2.24) is 4.31 Å². The first-order valence-electron chi connectivity index (χ1n) is 5.74. The number of halogens is 2. The first-order chi connectivity index (χ1) is 9.93. The molecule has 0 amide bonds. The van der Waals surface area contributed by atoms with Crippen molar-refractivity contribution in [2.24, 2.45) is 9.98 Å².